The molecule has 0 aliphatic heterocycles. The minimum absolute atomic E-state index is 0.0918. The summed E-state index contributed by atoms with van der Waals surface area (Å²) in [4.78, 5) is 36.6. The second-order valence-corrected chi connectivity index (χ2v) is 8.79. The zero-order valence-electron chi connectivity index (χ0n) is 16.4. The van der Waals surface area contributed by atoms with E-state index in [9.17, 15) is 14.4 Å². The number of carbonyl (C=O) groups is 3. The molecule has 5 rings (SSSR count). The molecule has 6 nitrogen and oxygen atoms in total. The van der Waals surface area contributed by atoms with Crippen LogP contribution in [0.1, 0.15) is 48.9 Å². The van der Waals surface area contributed by atoms with Crippen molar-refractivity contribution in [2.75, 3.05) is 18.5 Å². The van der Waals surface area contributed by atoms with Gasteiger partial charge in [0.1, 0.15) is 0 Å². The fraction of sp³-hybridized carbons (Fsp3) is 0.522. The molecule has 4 fully saturated rings. The summed E-state index contributed by atoms with van der Waals surface area (Å²) in [5.74, 6) is 3.48. The Balaban J connectivity index is 1.33. The Morgan fingerprint density at radius 3 is 2.17 bits per heavy atom. The van der Waals surface area contributed by atoms with Crippen LogP contribution < -0.4 is 10.6 Å². The summed E-state index contributed by atoms with van der Waals surface area (Å²) < 4.78 is 4.97. The third kappa shape index (κ3) is 4.14. The Labute approximate surface area is 170 Å². The Kier molecular flexibility index (Phi) is 5.31. The molecule has 4 aliphatic carbocycles. The monoisotopic (exact) mass is 394 g/mol. The molecule has 1 aromatic carbocycles. The highest BCUT2D eigenvalue weighted by molar-refractivity contribution is 5.96. The number of carbonyl (C=O) groups excluding carboxylic acids is 3. The van der Waals surface area contributed by atoms with Crippen molar-refractivity contribution >= 4 is 23.5 Å². The van der Waals surface area contributed by atoms with E-state index in [0.29, 0.717) is 29.0 Å². The SMILES string of the molecule is C#CCNC(=O)COC(=O)c1ccc(NC(=O)C23CC4CC(CC(C4)C2)C3)cc1. The van der Waals surface area contributed by atoms with E-state index in [1.54, 1.807) is 24.3 Å². The van der Waals surface area contributed by atoms with Crippen LogP contribution in [0, 0.1) is 35.5 Å². The van der Waals surface area contributed by atoms with E-state index in [1.165, 1.54) is 19.3 Å². The van der Waals surface area contributed by atoms with Crippen LogP contribution in [0.4, 0.5) is 5.69 Å². The summed E-state index contributed by atoms with van der Waals surface area (Å²) in [6.45, 7) is -0.292. The number of terminal acetylenes is 1. The Morgan fingerprint density at radius 1 is 1.03 bits per heavy atom. The minimum Gasteiger partial charge on any atom is -0.452 e. The minimum atomic E-state index is -0.597. The second kappa shape index (κ2) is 7.90. The van der Waals surface area contributed by atoms with E-state index >= 15 is 0 Å². The molecule has 0 radical (unpaired) electrons. The number of esters is 1. The number of rotatable bonds is 6. The smallest absolute Gasteiger partial charge is 0.338 e. The number of ether oxygens (including phenoxy) is 1. The van der Waals surface area contributed by atoms with Gasteiger partial charge in [0.05, 0.1) is 17.5 Å². The topological polar surface area (TPSA) is 84.5 Å². The highest BCUT2D eigenvalue weighted by Crippen LogP contribution is 2.60. The van der Waals surface area contributed by atoms with Crippen molar-refractivity contribution in [2.45, 2.75) is 38.5 Å². The molecule has 29 heavy (non-hydrogen) atoms. The van der Waals surface area contributed by atoms with Gasteiger partial charge in [0, 0.05) is 5.69 Å². The summed E-state index contributed by atoms with van der Waals surface area (Å²) in [6, 6.07) is 6.59. The van der Waals surface area contributed by atoms with Crippen molar-refractivity contribution in [3.63, 3.8) is 0 Å². The van der Waals surface area contributed by atoms with E-state index in [2.05, 4.69) is 16.6 Å². The fourth-order valence-electron chi connectivity index (χ4n) is 5.76. The van der Waals surface area contributed by atoms with Crippen LogP contribution in [-0.4, -0.2) is 30.9 Å². The zero-order chi connectivity index (χ0) is 20.4. The van der Waals surface area contributed by atoms with Crippen molar-refractivity contribution < 1.29 is 19.1 Å². The van der Waals surface area contributed by atoms with Crippen LogP contribution in [0.15, 0.2) is 24.3 Å². The molecule has 0 saturated heterocycles. The predicted octanol–water partition coefficient (Wildman–Crippen LogP) is 2.75. The second-order valence-electron chi connectivity index (χ2n) is 8.79. The number of hydrogen-bond acceptors (Lipinski definition) is 4. The third-order valence-corrected chi connectivity index (χ3v) is 6.62. The number of anilines is 1. The van der Waals surface area contributed by atoms with Gasteiger partial charge in [0.2, 0.25) is 5.91 Å². The van der Waals surface area contributed by atoms with Gasteiger partial charge < -0.3 is 15.4 Å². The Hall–Kier alpha value is -2.81. The molecule has 4 saturated carbocycles. The number of benzene rings is 1. The lowest BCUT2D eigenvalue weighted by Gasteiger charge is -2.55. The zero-order valence-corrected chi connectivity index (χ0v) is 16.4. The lowest BCUT2D eigenvalue weighted by Crippen LogP contribution is -2.51. The standard InChI is InChI=1S/C23H26N2O4/c1-2-7-24-20(26)14-29-21(27)18-3-5-19(6-4-18)25-22(28)23-11-15-8-16(12-23)10-17(9-15)13-23/h1,3-6,15-17H,7-14H2,(H,24,26)(H,25,28). The molecule has 0 unspecified atom stereocenters. The third-order valence-electron chi connectivity index (χ3n) is 6.62. The van der Waals surface area contributed by atoms with Crippen molar-refractivity contribution in [1.29, 1.82) is 0 Å². The molecule has 0 heterocycles. The molecule has 2 N–H and O–H groups in total. The van der Waals surface area contributed by atoms with Gasteiger partial charge in [-0.2, -0.15) is 0 Å². The average molecular weight is 394 g/mol. The largest absolute Gasteiger partial charge is 0.452 e. The molecule has 1 aromatic rings. The van der Waals surface area contributed by atoms with Gasteiger partial charge in [-0.15, -0.1) is 6.42 Å². The van der Waals surface area contributed by atoms with Crippen molar-refractivity contribution in [1.82, 2.24) is 5.32 Å². The first-order valence-corrected chi connectivity index (χ1v) is 10.3. The molecule has 0 spiro atoms. The number of amides is 2. The van der Waals surface area contributed by atoms with Gasteiger partial charge in [-0.25, -0.2) is 4.79 Å². The molecule has 4 bridgehead atoms. The van der Waals surface area contributed by atoms with Crippen molar-refractivity contribution in [2.24, 2.45) is 23.2 Å². The van der Waals surface area contributed by atoms with Crippen LogP contribution in [0.2, 0.25) is 0 Å². The van der Waals surface area contributed by atoms with Crippen LogP contribution in [0.5, 0.6) is 0 Å². The van der Waals surface area contributed by atoms with Gasteiger partial charge in [-0.05, 0) is 80.5 Å². The molecular weight excluding hydrogens is 368 g/mol. The van der Waals surface area contributed by atoms with Gasteiger partial charge in [-0.1, -0.05) is 5.92 Å². The molecule has 0 atom stereocenters. The van der Waals surface area contributed by atoms with Crippen molar-refractivity contribution in [3.8, 4) is 12.3 Å². The van der Waals surface area contributed by atoms with E-state index in [0.717, 1.165) is 19.3 Å². The maximum atomic E-state index is 13.1. The van der Waals surface area contributed by atoms with Crippen LogP contribution in [-0.2, 0) is 14.3 Å². The van der Waals surface area contributed by atoms with Crippen LogP contribution in [0.25, 0.3) is 0 Å². The average Bonchev–Trinajstić information content (AvgIpc) is 2.70. The molecule has 0 aromatic heterocycles. The maximum absolute atomic E-state index is 13.1. The number of nitrogens with one attached hydrogen (secondary N) is 2. The molecular formula is C23H26N2O4. The Morgan fingerprint density at radius 2 is 1.62 bits per heavy atom. The van der Waals surface area contributed by atoms with E-state index in [1.807, 2.05) is 0 Å². The van der Waals surface area contributed by atoms with Crippen LogP contribution >= 0.6 is 0 Å². The van der Waals surface area contributed by atoms with Crippen molar-refractivity contribution in [3.05, 3.63) is 29.8 Å². The van der Waals surface area contributed by atoms with E-state index in [4.69, 9.17) is 11.2 Å². The summed E-state index contributed by atoms with van der Waals surface area (Å²) >= 11 is 0. The summed E-state index contributed by atoms with van der Waals surface area (Å²) in [6.07, 6.45) is 12.0. The fourth-order valence-corrected chi connectivity index (χ4v) is 5.76. The summed E-state index contributed by atoms with van der Waals surface area (Å²) in [5.41, 5.74) is 0.787. The summed E-state index contributed by atoms with van der Waals surface area (Å²) in [5, 5.41) is 5.49. The molecule has 2 amide bonds. The van der Waals surface area contributed by atoms with Gasteiger partial charge >= 0.3 is 5.97 Å². The highest BCUT2D eigenvalue weighted by Gasteiger charge is 2.54. The number of hydrogen-bond donors (Lipinski definition) is 2. The summed E-state index contributed by atoms with van der Waals surface area (Å²) in [7, 11) is 0. The van der Waals surface area contributed by atoms with Crippen LogP contribution in [0.3, 0.4) is 0 Å². The van der Waals surface area contributed by atoms with Gasteiger partial charge in [-0.3, -0.25) is 9.59 Å². The van der Waals surface area contributed by atoms with Gasteiger partial charge in [0.15, 0.2) is 6.61 Å². The maximum Gasteiger partial charge on any atom is 0.338 e. The normalized spacial score (nSPS) is 29.0. The quantitative estimate of drug-likeness (QED) is 0.574. The lowest BCUT2D eigenvalue weighted by atomic mass is 9.49. The Bertz CT molecular complexity index is 817. The highest BCUT2D eigenvalue weighted by atomic mass is 16.5. The first-order valence-electron chi connectivity index (χ1n) is 10.3. The van der Waals surface area contributed by atoms with E-state index < -0.39 is 11.9 Å². The van der Waals surface area contributed by atoms with E-state index in [-0.39, 0.29) is 24.5 Å². The first kappa shape index (κ1) is 19.5. The molecule has 4 aliphatic rings. The lowest BCUT2D eigenvalue weighted by molar-refractivity contribution is -0.140. The first-order chi connectivity index (χ1) is 14.0. The molecule has 152 valence electrons. The predicted molar refractivity (Wildman–Crippen MR) is 108 cm³/mol. The molecule has 6 heteroatoms. The van der Waals surface area contributed by atoms with Gasteiger partial charge in [0.25, 0.3) is 5.91 Å².